The third-order valence-electron chi connectivity index (χ3n) is 2.95. The van der Waals surface area contributed by atoms with E-state index >= 15 is 0 Å². The first-order chi connectivity index (χ1) is 9.52. The molecule has 0 fully saturated rings. The molecule has 0 saturated carbocycles. The number of hydrogen-bond donors (Lipinski definition) is 0. The van der Waals surface area contributed by atoms with Crippen LogP contribution in [0.2, 0.25) is 0 Å². The average Bonchev–Trinajstić information content (AvgIpc) is 2.48. The highest BCUT2D eigenvalue weighted by Gasteiger charge is 2.15. The second kappa shape index (κ2) is 5.49. The largest absolute Gasteiger partial charge is 0.310 e. The van der Waals surface area contributed by atoms with Crippen LogP contribution in [0.3, 0.4) is 0 Å². The van der Waals surface area contributed by atoms with Crippen molar-refractivity contribution in [1.82, 2.24) is 4.98 Å². The normalized spacial score (nSPS) is 9.90. The third-order valence-corrected chi connectivity index (χ3v) is 2.95. The third kappa shape index (κ3) is 2.64. The summed E-state index contributed by atoms with van der Waals surface area (Å²) in [6.45, 7) is 1.64. The van der Waals surface area contributed by atoms with E-state index in [1.165, 1.54) is 35.4 Å². The van der Waals surface area contributed by atoms with Gasteiger partial charge in [-0.05, 0) is 42.8 Å². The Hall–Kier alpha value is -2.74. The minimum atomic E-state index is -0.319. The number of pyridine rings is 1. The molecule has 1 aromatic heterocycles. The summed E-state index contributed by atoms with van der Waals surface area (Å²) in [7, 11) is 1.59. The van der Waals surface area contributed by atoms with E-state index in [-0.39, 0.29) is 17.4 Å². The molecule has 0 bridgehead atoms. The maximum atomic E-state index is 13.2. The van der Waals surface area contributed by atoms with Crippen LogP contribution < -0.4 is 4.90 Å². The maximum absolute atomic E-state index is 13.2. The average molecular weight is 269 g/mol. The summed E-state index contributed by atoms with van der Waals surface area (Å²) in [5, 5.41) is 8.69. The number of aryl methyl sites for hydroxylation is 1. The molecule has 0 N–H and O–H groups in total. The first kappa shape index (κ1) is 13.7. The number of hydrogen-bond acceptors (Lipinski definition) is 3. The van der Waals surface area contributed by atoms with Gasteiger partial charge in [-0.25, -0.2) is 9.37 Å². The van der Waals surface area contributed by atoms with Crippen LogP contribution in [0, 0.1) is 24.1 Å². The highest BCUT2D eigenvalue weighted by Crippen LogP contribution is 2.18. The van der Waals surface area contributed by atoms with Crippen LogP contribution in [0.1, 0.15) is 21.6 Å². The van der Waals surface area contributed by atoms with Crippen molar-refractivity contribution >= 4 is 11.6 Å². The zero-order valence-corrected chi connectivity index (χ0v) is 11.1. The highest BCUT2D eigenvalue weighted by molar-refractivity contribution is 6.04. The summed E-state index contributed by atoms with van der Waals surface area (Å²) < 4.78 is 13.2. The van der Waals surface area contributed by atoms with Crippen LogP contribution in [0.15, 0.2) is 36.5 Å². The van der Waals surface area contributed by atoms with Gasteiger partial charge < -0.3 is 4.90 Å². The van der Waals surface area contributed by atoms with E-state index in [4.69, 9.17) is 5.26 Å². The number of amides is 1. The number of halogens is 1. The van der Waals surface area contributed by atoms with Crippen molar-refractivity contribution in [2.45, 2.75) is 6.92 Å². The van der Waals surface area contributed by atoms with Crippen molar-refractivity contribution in [3.05, 3.63) is 59.2 Å². The Morgan fingerprint density at radius 3 is 2.65 bits per heavy atom. The molecule has 20 heavy (non-hydrogen) atoms. The molecule has 0 aliphatic heterocycles. The van der Waals surface area contributed by atoms with Gasteiger partial charge in [0.05, 0.1) is 5.56 Å². The lowest BCUT2D eigenvalue weighted by atomic mass is 10.2. The van der Waals surface area contributed by atoms with Crippen LogP contribution in [0.25, 0.3) is 0 Å². The lowest BCUT2D eigenvalue weighted by Gasteiger charge is -2.17. The molecule has 0 spiro atoms. The van der Waals surface area contributed by atoms with E-state index in [9.17, 15) is 9.18 Å². The van der Waals surface area contributed by atoms with Gasteiger partial charge in [-0.3, -0.25) is 4.79 Å². The number of benzene rings is 1. The second-order valence-corrected chi connectivity index (χ2v) is 4.34. The van der Waals surface area contributed by atoms with Gasteiger partial charge in [0.25, 0.3) is 5.91 Å². The van der Waals surface area contributed by atoms with Gasteiger partial charge in [0.1, 0.15) is 17.6 Å². The Balaban J connectivity index is 2.27. The van der Waals surface area contributed by atoms with Crippen molar-refractivity contribution in [3.63, 3.8) is 0 Å². The highest BCUT2D eigenvalue weighted by atomic mass is 19.1. The van der Waals surface area contributed by atoms with E-state index in [0.29, 0.717) is 16.8 Å². The van der Waals surface area contributed by atoms with Crippen LogP contribution >= 0.6 is 0 Å². The van der Waals surface area contributed by atoms with Crippen molar-refractivity contribution in [3.8, 4) is 6.07 Å². The molecular weight excluding hydrogens is 257 g/mol. The molecule has 0 aliphatic rings. The summed E-state index contributed by atoms with van der Waals surface area (Å²) in [5.74, 6) is -0.633. The van der Waals surface area contributed by atoms with Gasteiger partial charge in [0, 0.05) is 18.9 Å². The van der Waals surface area contributed by atoms with Gasteiger partial charge >= 0.3 is 0 Å². The SMILES string of the molecule is Cc1cc(N(C)C(=O)c2ccc(C#N)cn2)ccc1F. The number of aromatic nitrogens is 1. The lowest BCUT2D eigenvalue weighted by Crippen LogP contribution is -2.27. The standard InChI is InChI=1S/C15H12FN3O/c1-10-7-12(4-5-13(10)16)19(2)15(20)14-6-3-11(8-17)9-18-14/h3-7,9H,1-2H3. The maximum Gasteiger partial charge on any atom is 0.276 e. The molecule has 1 aromatic carbocycles. The fourth-order valence-electron chi connectivity index (χ4n) is 1.71. The van der Waals surface area contributed by atoms with Crippen molar-refractivity contribution < 1.29 is 9.18 Å². The molecule has 1 heterocycles. The van der Waals surface area contributed by atoms with E-state index in [1.54, 1.807) is 20.0 Å². The van der Waals surface area contributed by atoms with Crippen LogP contribution in [0.5, 0.6) is 0 Å². The Morgan fingerprint density at radius 2 is 2.10 bits per heavy atom. The molecule has 0 saturated heterocycles. The molecule has 1 amide bonds. The minimum absolute atomic E-state index is 0.230. The predicted molar refractivity (Wildman–Crippen MR) is 72.8 cm³/mol. The summed E-state index contributed by atoms with van der Waals surface area (Å²) in [6.07, 6.45) is 1.34. The number of carbonyl (C=O) groups is 1. The van der Waals surface area contributed by atoms with E-state index in [2.05, 4.69) is 4.98 Å². The second-order valence-electron chi connectivity index (χ2n) is 4.34. The number of anilines is 1. The molecule has 2 rings (SSSR count). The molecule has 0 atom stereocenters. The Bertz CT molecular complexity index is 689. The topological polar surface area (TPSA) is 57.0 Å². The van der Waals surface area contributed by atoms with E-state index in [0.717, 1.165) is 0 Å². The van der Waals surface area contributed by atoms with E-state index in [1.807, 2.05) is 6.07 Å². The van der Waals surface area contributed by atoms with E-state index < -0.39 is 0 Å². The molecular formula is C15H12FN3O. The molecule has 0 radical (unpaired) electrons. The number of carbonyl (C=O) groups excluding carboxylic acids is 1. The fraction of sp³-hybridized carbons (Fsp3) is 0.133. The molecule has 0 unspecified atom stereocenters. The lowest BCUT2D eigenvalue weighted by molar-refractivity contribution is 0.0988. The van der Waals surface area contributed by atoms with Gasteiger partial charge in [-0.2, -0.15) is 5.26 Å². The molecule has 4 nitrogen and oxygen atoms in total. The van der Waals surface area contributed by atoms with Gasteiger partial charge in [-0.1, -0.05) is 0 Å². The van der Waals surface area contributed by atoms with Crippen molar-refractivity contribution in [2.24, 2.45) is 0 Å². The Kier molecular flexibility index (Phi) is 3.76. The summed E-state index contributed by atoms with van der Waals surface area (Å²) in [5.41, 5.74) is 1.67. The summed E-state index contributed by atoms with van der Waals surface area (Å²) >= 11 is 0. The Labute approximate surface area is 116 Å². The van der Waals surface area contributed by atoms with Crippen molar-refractivity contribution in [1.29, 1.82) is 5.26 Å². The summed E-state index contributed by atoms with van der Waals surface area (Å²) in [6, 6.07) is 9.41. The quantitative estimate of drug-likeness (QED) is 0.842. The Morgan fingerprint density at radius 1 is 1.35 bits per heavy atom. The zero-order chi connectivity index (χ0) is 14.7. The molecule has 2 aromatic rings. The predicted octanol–water partition coefficient (Wildman–Crippen LogP) is 2.68. The number of rotatable bonds is 2. The smallest absolute Gasteiger partial charge is 0.276 e. The molecule has 0 aliphatic carbocycles. The van der Waals surface area contributed by atoms with Gasteiger partial charge in [0.15, 0.2) is 0 Å². The monoisotopic (exact) mass is 269 g/mol. The number of nitrogens with zero attached hydrogens (tertiary/aromatic N) is 3. The van der Waals surface area contributed by atoms with Crippen LogP contribution in [0.4, 0.5) is 10.1 Å². The molecule has 5 heteroatoms. The van der Waals surface area contributed by atoms with Crippen LogP contribution in [-0.2, 0) is 0 Å². The van der Waals surface area contributed by atoms with Crippen molar-refractivity contribution in [2.75, 3.05) is 11.9 Å². The zero-order valence-electron chi connectivity index (χ0n) is 11.1. The first-order valence-corrected chi connectivity index (χ1v) is 5.93. The minimum Gasteiger partial charge on any atom is -0.310 e. The number of nitriles is 1. The fourth-order valence-corrected chi connectivity index (χ4v) is 1.71. The van der Waals surface area contributed by atoms with Crippen LogP contribution in [-0.4, -0.2) is 17.9 Å². The first-order valence-electron chi connectivity index (χ1n) is 5.93. The van der Waals surface area contributed by atoms with Gasteiger partial charge in [0.2, 0.25) is 0 Å². The molecule has 100 valence electrons. The summed E-state index contributed by atoms with van der Waals surface area (Å²) in [4.78, 5) is 17.6. The van der Waals surface area contributed by atoms with Gasteiger partial charge in [-0.15, -0.1) is 0 Å².